The molecular formula is C24H33ClN2O2S. The summed E-state index contributed by atoms with van der Waals surface area (Å²) in [6, 6.07) is 12.9. The second-order valence-electron chi connectivity index (χ2n) is 8.69. The van der Waals surface area contributed by atoms with Crippen LogP contribution in [0.4, 0.5) is 5.69 Å². The van der Waals surface area contributed by atoms with Gasteiger partial charge in [-0.05, 0) is 55.3 Å². The zero-order chi connectivity index (χ0) is 21.9. The Morgan fingerprint density at radius 2 is 1.73 bits per heavy atom. The number of benzene rings is 2. The summed E-state index contributed by atoms with van der Waals surface area (Å²) in [4.78, 5) is 2.57. The molecule has 0 fully saturated rings. The molecule has 1 atom stereocenters. The number of nitrogens with zero attached hydrogens (tertiary/aromatic N) is 2. The highest BCUT2D eigenvalue weighted by Gasteiger charge is 2.36. The Balaban J connectivity index is 1.91. The topological polar surface area (TPSA) is 40.6 Å². The number of para-hydroxylation sites is 1. The second kappa shape index (κ2) is 9.71. The molecule has 164 valence electrons. The molecular weight excluding hydrogens is 416 g/mol. The van der Waals surface area contributed by atoms with Crippen LogP contribution < -0.4 is 4.31 Å². The number of halogens is 1. The summed E-state index contributed by atoms with van der Waals surface area (Å²) in [7, 11) is 0.0321. The summed E-state index contributed by atoms with van der Waals surface area (Å²) < 4.78 is 28.1. The summed E-state index contributed by atoms with van der Waals surface area (Å²) in [5, 5.41) is 0.434. The zero-order valence-electron chi connectivity index (χ0n) is 18.4. The van der Waals surface area contributed by atoms with E-state index in [1.54, 1.807) is 19.2 Å². The number of sulfonamides is 1. The average Bonchev–Trinajstić information content (AvgIpc) is 2.77. The molecule has 0 spiro atoms. The van der Waals surface area contributed by atoms with Crippen molar-refractivity contribution in [2.45, 2.75) is 56.9 Å². The number of hydrogen-bond donors (Lipinski definition) is 0. The highest BCUT2D eigenvalue weighted by atomic mass is 35.5. The Labute approximate surface area is 186 Å². The SMILES string of the molecule is CC(C)CCCCCCN(C)C1c2ccccc2N(C)S(=O)(=O)c2cc(Cl)ccc21. The molecule has 1 aliphatic rings. The molecule has 3 rings (SSSR count). The first-order valence-corrected chi connectivity index (χ1v) is 12.6. The molecule has 1 unspecified atom stereocenters. The number of rotatable bonds is 8. The largest absolute Gasteiger partial charge is 0.295 e. The van der Waals surface area contributed by atoms with Gasteiger partial charge < -0.3 is 0 Å². The van der Waals surface area contributed by atoms with Gasteiger partial charge >= 0.3 is 0 Å². The van der Waals surface area contributed by atoms with Crippen molar-refractivity contribution in [3.63, 3.8) is 0 Å². The van der Waals surface area contributed by atoms with Crippen molar-refractivity contribution < 1.29 is 8.42 Å². The molecule has 2 aromatic rings. The van der Waals surface area contributed by atoms with E-state index in [1.165, 1.54) is 30.0 Å². The van der Waals surface area contributed by atoms with Crippen LogP contribution in [0.25, 0.3) is 0 Å². The fourth-order valence-electron chi connectivity index (χ4n) is 4.28. The van der Waals surface area contributed by atoms with Crippen LogP contribution >= 0.6 is 11.6 Å². The van der Waals surface area contributed by atoms with Gasteiger partial charge in [-0.1, -0.05) is 75.4 Å². The van der Waals surface area contributed by atoms with Gasteiger partial charge in [0.25, 0.3) is 10.0 Å². The molecule has 0 saturated heterocycles. The van der Waals surface area contributed by atoms with Crippen molar-refractivity contribution >= 4 is 27.3 Å². The van der Waals surface area contributed by atoms with E-state index in [2.05, 4.69) is 25.8 Å². The maximum absolute atomic E-state index is 13.3. The molecule has 1 heterocycles. The van der Waals surface area contributed by atoms with Gasteiger partial charge in [-0.25, -0.2) is 8.42 Å². The molecule has 0 bridgehead atoms. The standard InChI is InChI=1S/C24H33ClN2O2S/c1-18(2)11-7-5-6-10-16-26(3)24-20-12-8-9-13-22(20)27(4)30(28,29)23-17-19(25)14-15-21(23)24/h8-9,12-15,17-18,24H,5-7,10-11,16H2,1-4H3. The van der Waals surface area contributed by atoms with Gasteiger partial charge in [-0.2, -0.15) is 0 Å². The normalized spacial score (nSPS) is 17.7. The van der Waals surface area contributed by atoms with Gasteiger partial charge in [-0.3, -0.25) is 9.21 Å². The maximum atomic E-state index is 13.3. The molecule has 30 heavy (non-hydrogen) atoms. The van der Waals surface area contributed by atoms with Crippen molar-refractivity contribution in [1.82, 2.24) is 4.90 Å². The van der Waals surface area contributed by atoms with E-state index in [0.29, 0.717) is 9.92 Å². The lowest BCUT2D eigenvalue weighted by molar-refractivity contribution is 0.269. The molecule has 0 amide bonds. The van der Waals surface area contributed by atoms with E-state index in [-0.39, 0.29) is 6.04 Å². The third-order valence-electron chi connectivity index (χ3n) is 5.96. The van der Waals surface area contributed by atoms with E-state index in [4.69, 9.17) is 11.6 Å². The summed E-state index contributed by atoms with van der Waals surface area (Å²) in [5.41, 5.74) is 2.52. The molecule has 0 radical (unpaired) electrons. The lowest BCUT2D eigenvalue weighted by Crippen LogP contribution is -2.27. The molecule has 0 saturated carbocycles. The highest BCUT2D eigenvalue weighted by Crippen LogP contribution is 2.43. The predicted octanol–water partition coefficient (Wildman–Crippen LogP) is 6.11. The van der Waals surface area contributed by atoms with Crippen LogP contribution in [0.15, 0.2) is 47.4 Å². The average molecular weight is 449 g/mol. The van der Waals surface area contributed by atoms with E-state index < -0.39 is 10.0 Å². The zero-order valence-corrected chi connectivity index (χ0v) is 20.0. The van der Waals surface area contributed by atoms with Crippen molar-refractivity contribution in [3.8, 4) is 0 Å². The fraction of sp³-hybridized carbons (Fsp3) is 0.500. The second-order valence-corrected chi connectivity index (χ2v) is 11.1. The third kappa shape index (κ3) is 4.84. The van der Waals surface area contributed by atoms with Gasteiger partial charge in [0.2, 0.25) is 0 Å². The summed E-state index contributed by atoms with van der Waals surface area (Å²) >= 11 is 6.20. The van der Waals surface area contributed by atoms with Crippen LogP contribution in [0, 0.1) is 5.92 Å². The first kappa shape index (κ1) is 23.1. The minimum atomic E-state index is -3.68. The van der Waals surface area contributed by atoms with Crippen LogP contribution in [0.2, 0.25) is 5.02 Å². The van der Waals surface area contributed by atoms with Crippen molar-refractivity contribution in [3.05, 3.63) is 58.6 Å². The smallest absolute Gasteiger partial charge is 0.264 e. The number of unbranched alkanes of at least 4 members (excludes halogenated alkanes) is 3. The van der Waals surface area contributed by atoms with Gasteiger partial charge in [-0.15, -0.1) is 0 Å². The highest BCUT2D eigenvalue weighted by molar-refractivity contribution is 7.92. The van der Waals surface area contributed by atoms with E-state index >= 15 is 0 Å². The molecule has 0 N–H and O–H groups in total. The van der Waals surface area contributed by atoms with Gasteiger partial charge in [0, 0.05) is 12.1 Å². The number of anilines is 1. The molecule has 2 aromatic carbocycles. The Kier molecular flexibility index (Phi) is 7.48. The van der Waals surface area contributed by atoms with Crippen molar-refractivity contribution in [1.29, 1.82) is 0 Å². The molecule has 1 aliphatic heterocycles. The number of hydrogen-bond acceptors (Lipinski definition) is 3. The molecule has 0 aliphatic carbocycles. The molecule has 0 aromatic heterocycles. The van der Waals surface area contributed by atoms with Crippen LogP contribution in [0.3, 0.4) is 0 Å². The summed E-state index contributed by atoms with van der Waals surface area (Å²) in [5.74, 6) is 0.762. The minimum Gasteiger partial charge on any atom is -0.295 e. The third-order valence-corrected chi connectivity index (χ3v) is 8.02. The number of fused-ring (bicyclic) bond motifs is 2. The van der Waals surface area contributed by atoms with Gasteiger partial charge in [0.1, 0.15) is 0 Å². The van der Waals surface area contributed by atoms with E-state index in [0.717, 1.165) is 35.7 Å². The Hall–Kier alpha value is -1.56. The van der Waals surface area contributed by atoms with Crippen molar-refractivity contribution in [2.75, 3.05) is 24.9 Å². The lowest BCUT2D eigenvalue weighted by atomic mass is 9.95. The van der Waals surface area contributed by atoms with Crippen LogP contribution in [0.5, 0.6) is 0 Å². The Morgan fingerprint density at radius 3 is 2.47 bits per heavy atom. The monoisotopic (exact) mass is 448 g/mol. The van der Waals surface area contributed by atoms with Crippen LogP contribution in [-0.2, 0) is 10.0 Å². The van der Waals surface area contributed by atoms with Crippen molar-refractivity contribution in [2.24, 2.45) is 5.92 Å². The van der Waals surface area contributed by atoms with Crippen LogP contribution in [-0.4, -0.2) is 34.0 Å². The predicted molar refractivity (Wildman–Crippen MR) is 126 cm³/mol. The van der Waals surface area contributed by atoms with E-state index in [9.17, 15) is 8.42 Å². The first-order chi connectivity index (χ1) is 14.2. The Morgan fingerprint density at radius 1 is 1.03 bits per heavy atom. The summed E-state index contributed by atoms with van der Waals surface area (Å²) in [6.45, 7) is 5.45. The molecule has 4 nitrogen and oxygen atoms in total. The van der Waals surface area contributed by atoms with Gasteiger partial charge in [0.05, 0.1) is 16.6 Å². The fourth-order valence-corrected chi connectivity index (χ4v) is 5.99. The molecule has 6 heteroatoms. The van der Waals surface area contributed by atoms with E-state index in [1.807, 2.05) is 30.3 Å². The summed E-state index contributed by atoms with van der Waals surface area (Å²) in [6.07, 6.45) is 6.09. The van der Waals surface area contributed by atoms with Crippen LogP contribution in [0.1, 0.15) is 63.1 Å². The first-order valence-electron chi connectivity index (χ1n) is 10.8. The minimum absolute atomic E-state index is 0.135. The Bertz CT molecular complexity index is 975. The quantitative estimate of drug-likeness (QED) is 0.457. The lowest BCUT2D eigenvalue weighted by Gasteiger charge is -2.30. The maximum Gasteiger partial charge on any atom is 0.264 e. The van der Waals surface area contributed by atoms with Gasteiger partial charge in [0.15, 0.2) is 0 Å².